The Kier molecular flexibility index (Phi) is 4.45. The summed E-state index contributed by atoms with van der Waals surface area (Å²) in [6.07, 6.45) is 7.75. The number of aryl methyl sites for hydroxylation is 1. The molecule has 0 saturated heterocycles. The molecule has 0 aromatic carbocycles. The fourth-order valence-corrected chi connectivity index (χ4v) is 2.16. The first-order chi connectivity index (χ1) is 9.91. The van der Waals surface area contributed by atoms with E-state index in [2.05, 4.69) is 41.3 Å². The summed E-state index contributed by atoms with van der Waals surface area (Å²) in [6.45, 7) is 9.03. The largest absolute Gasteiger partial charge is 0.347 e. The van der Waals surface area contributed by atoms with Gasteiger partial charge in [-0.25, -0.2) is 4.98 Å². The number of imidazole rings is 1. The Morgan fingerprint density at radius 2 is 2.24 bits per heavy atom. The monoisotopic (exact) mass is 289 g/mol. The Morgan fingerprint density at radius 3 is 2.81 bits per heavy atom. The van der Waals surface area contributed by atoms with Gasteiger partial charge in [0, 0.05) is 24.6 Å². The van der Waals surface area contributed by atoms with Gasteiger partial charge in [-0.05, 0) is 11.8 Å². The molecule has 0 bridgehead atoms. The second-order valence-corrected chi connectivity index (χ2v) is 6.27. The van der Waals surface area contributed by atoms with Crippen molar-refractivity contribution in [1.82, 2.24) is 25.1 Å². The molecule has 1 amide bonds. The Balaban J connectivity index is 2.13. The van der Waals surface area contributed by atoms with Crippen molar-refractivity contribution in [2.75, 3.05) is 0 Å². The maximum Gasteiger partial charge on any atom is 0.255 e. The van der Waals surface area contributed by atoms with Crippen LogP contribution in [0, 0.1) is 5.41 Å². The molecular weight excluding hydrogens is 266 g/mol. The number of aromatic amines is 1. The number of hydrogen-bond donors (Lipinski definition) is 2. The molecule has 2 N–H and O–H groups in total. The third-order valence-electron chi connectivity index (χ3n) is 3.62. The van der Waals surface area contributed by atoms with Gasteiger partial charge in [0.15, 0.2) is 0 Å². The maximum atomic E-state index is 12.5. The zero-order valence-electron chi connectivity index (χ0n) is 13.1. The van der Waals surface area contributed by atoms with Crippen LogP contribution in [0.25, 0.3) is 0 Å². The van der Waals surface area contributed by atoms with Gasteiger partial charge < -0.3 is 9.88 Å². The molecule has 0 aliphatic heterocycles. The number of aromatic nitrogens is 4. The average molecular weight is 289 g/mol. The molecule has 0 aliphatic carbocycles. The van der Waals surface area contributed by atoms with Crippen LogP contribution in [0.1, 0.15) is 43.7 Å². The molecule has 1 atom stereocenters. The highest BCUT2D eigenvalue weighted by Gasteiger charge is 2.27. The van der Waals surface area contributed by atoms with E-state index in [1.807, 2.05) is 17.7 Å². The molecule has 2 heterocycles. The van der Waals surface area contributed by atoms with Gasteiger partial charge in [0.25, 0.3) is 5.91 Å². The first kappa shape index (κ1) is 15.3. The number of amides is 1. The van der Waals surface area contributed by atoms with Gasteiger partial charge in [-0.1, -0.05) is 27.7 Å². The van der Waals surface area contributed by atoms with Crippen molar-refractivity contribution in [3.8, 4) is 0 Å². The minimum absolute atomic E-state index is 0.00111. The smallest absolute Gasteiger partial charge is 0.255 e. The number of nitrogens with one attached hydrogen (secondary N) is 2. The van der Waals surface area contributed by atoms with E-state index in [4.69, 9.17) is 0 Å². The molecular formula is C15H23N5O. The summed E-state index contributed by atoms with van der Waals surface area (Å²) in [5, 5.41) is 9.95. The summed E-state index contributed by atoms with van der Waals surface area (Å²) < 4.78 is 1.98. The quantitative estimate of drug-likeness (QED) is 0.884. The van der Waals surface area contributed by atoms with Crippen LogP contribution in [-0.2, 0) is 13.0 Å². The fraction of sp³-hybridized carbons (Fsp3) is 0.533. The van der Waals surface area contributed by atoms with E-state index >= 15 is 0 Å². The molecule has 2 aromatic heterocycles. The van der Waals surface area contributed by atoms with E-state index in [0.29, 0.717) is 12.1 Å². The van der Waals surface area contributed by atoms with E-state index in [-0.39, 0.29) is 17.4 Å². The SMILES string of the molecule is CCc1[nH]ncc1C(=O)NC(Cn1ccnc1)C(C)(C)C. The van der Waals surface area contributed by atoms with Crippen molar-refractivity contribution in [3.05, 3.63) is 36.2 Å². The van der Waals surface area contributed by atoms with Crippen molar-refractivity contribution in [1.29, 1.82) is 0 Å². The standard InChI is InChI=1S/C15H23N5O/c1-5-12-11(8-17-19-12)14(21)18-13(15(2,3)4)9-20-7-6-16-10-20/h6-8,10,13H,5,9H2,1-4H3,(H,17,19)(H,18,21). The third kappa shape index (κ3) is 3.71. The number of carbonyl (C=O) groups excluding carboxylic acids is 1. The predicted octanol–water partition coefficient (Wildman–Crippen LogP) is 2.01. The van der Waals surface area contributed by atoms with E-state index < -0.39 is 0 Å². The van der Waals surface area contributed by atoms with E-state index in [1.54, 1.807) is 18.7 Å². The van der Waals surface area contributed by atoms with E-state index in [9.17, 15) is 4.79 Å². The fourth-order valence-electron chi connectivity index (χ4n) is 2.16. The summed E-state index contributed by atoms with van der Waals surface area (Å²) in [6, 6.07) is -0.00111. The lowest BCUT2D eigenvalue weighted by Gasteiger charge is -2.31. The van der Waals surface area contributed by atoms with Crippen LogP contribution in [-0.4, -0.2) is 31.7 Å². The molecule has 6 heteroatoms. The minimum atomic E-state index is -0.0827. The molecule has 0 aliphatic rings. The number of carbonyl (C=O) groups is 1. The molecule has 21 heavy (non-hydrogen) atoms. The highest BCUT2D eigenvalue weighted by molar-refractivity contribution is 5.95. The van der Waals surface area contributed by atoms with Crippen molar-refractivity contribution in [2.45, 2.75) is 46.7 Å². The third-order valence-corrected chi connectivity index (χ3v) is 3.62. The maximum absolute atomic E-state index is 12.5. The van der Waals surface area contributed by atoms with Crippen molar-refractivity contribution >= 4 is 5.91 Å². The van der Waals surface area contributed by atoms with Crippen LogP contribution in [0.4, 0.5) is 0 Å². The van der Waals surface area contributed by atoms with Crippen molar-refractivity contribution < 1.29 is 4.79 Å². The minimum Gasteiger partial charge on any atom is -0.347 e. The summed E-state index contributed by atoms with van der Waals surface area (Å²) in [4.78, 5) is 16.5. The van der Waals surface area contributed by atoms with Crippen LogP contribution in [0.5, 0.6) is 0 Å². The lowest BCUT2D eigenvalue weighted by atomic mass is 9.86. The lowest BCUT2D eigenvalue weighted by molar-refractivity contribution is 0.0891. The first-order valence-electron chi connectivity index (χ1n) is 7.20. The summed E-state index contributed by atoms with van der Waals surface area (Å²) >= 11 is 0. The molecule has 0 fully saturated rings. The number of rotatable bonds is 5. The van der Waals surface area contributed by atoms with Gasteiger partial charge in [-0.3, -0.25) is 9.89 Å². The first-order valence-corrected chi connectivity index (χ1v) is 7.20. The molecule has 0 radical (unpaired) electrons. The highest BCUT2D eigenvalue weighted by atomic mass is 16.1. The topological polar surface area (TPSA) is 75.6 Å². The molecule has 114 valence electrons. The van der Waals surface area contributed by atoms with Gasteiger partial charge in [0.05, 0.1) is 24.1 Å². The van der Waals surface area contributed by atoms with Gasteiger partial charge in [0.1, 0.15) is 0 Å². The Labute approximate surface area is 125 Å². The van der Waals surface area contributed by atoms with Gasteiger partial charge >= 0.3 is 0 Å². The molecule has 2 aromatic rings. The molecule has 6 nitrogen and oxygen atoms in total. The second kappa shape index (κ2) is 6.11. The average Bonchev–Trinajstić information content (AvgIpc) is 3.07. The normalized spacial score (nSPS) is 13.1. The van der Waals surface area contributed by atoms with E-state index in [1.165, 1.54) is 0 Å². The summed E-state index contributed by atoms with van der Waals surface area (Å²) in [5.41, 5.74) is 1.43. The van der Waals surface area contributed by atoms with Gasteiger partial charge in [-0.15, -0.1) is 0 Å². The summed E-state index contributed by atoms with van der Waals surface area (Å²) in [5.74, 6) is -0.0827. The van der Waals surface area contributed by atoms with Crippen molar-refractivity contribution in [2.24, 2.45) is 5.41 Å². The molecule has 2 rings (SSSR count). The van der Waals surface area contributed by atoms with Crippen LogP contribution < -0.4 is 5.32 Å². The zero-order valence-corrected chi connectivity index (χ0v) is 13.1. The van der Waals surface area contributed by atoms with Crippen LogP contribution >= 0.6 is 0 Å². The number of hydrogen-bond acceptors (Lipinski definition) is 3. The Hall–Kier alpha value is -2.11. The van der Waals surface area contributed by atoms with Gasteiger partial charge in [0.2, 0.25) is 0 Å². The molecule has 1 unspecified atom stereocenters. The second-order valence-electron chi connectivity index (χ2n) is 6.27. The Bertz CT molecular complexity index is 579. The zero-order chi connectivity index (χ0) is 15.5. The number of nitrogens with zero attached hydrogens (tertiary/aromatic N) is 3. The van der Waals surface area contributed by atoms with Crippen LogP contribution in [0.2, 0.25) is 0 Å². The van der Waals surface area contributed by atoms with E-state index in [0.717, 1.165) is 12.1 Å². The molecule has 0 saturated carbocycles. The highest BCUT2D eigenvalue weighted by Crippen LogP contribution is 2.21. The van der Waals surface area contributed by atoms with Crippen LogP contribution in [0.3, 0.4) is 0 Å². The summed E-state index contributed by atoms with van der Waals surface area (Å²) in [7, 11) is 0. The van der Waals surface area contributed by atoms with Crippen molar-refractivity contribution in [3.63, 3.8) is 0 Å². The van der Waals surface area contributed by atoms with Crippen LogP contribution in [0.15, 0.2) is 24.9 Å². The molecule has 0 spiro atoms. The number of H-pyrrole nitrogens is 1. The predicted molar refractivity (Wildman–Crippen MR) is 80.9 cm³/mol. The lowest BCUT2D eigenvalue weighted by Crippen LogP contribution is -2.46. The Morgan fingerprint density at radius 1 is 1.48 bits per heavy atom. The van der Waals surface area contributed by atoms with Gasteiger partial charge in [-0.2, -0.15) is 5.10 Å².